The minimum absolute atomic E-state index is 0.00315. The van der Waals surface area contributed by atoms with Crippen molar-refractivity contribution >= 4 is 46.2 Å². The van der Waals surface area contributed by atoms with Crippen molar-refractivity contribution in [2.24, 2.45) is 28.8 Å². The van der Waals surface area contributed by atoms with Crippen LogP contribution in [-0.4, -0.2) is 97.6 Å². The number of nitrogens with zero attached hydrogens (tertiary/aromatic N) is 2. The Hall–Kier alpha value is -6.23. The van der Waals surface area contributed by atoms with Gasteiger partial charge in [0.05, 0.1) is 59.5 Å². The Morgan fingerprint density at radius 2 is 1.65 bits per heavy atom. The highest BCUT2D eigenvalue weighted by molar-refractivity contribution is 6.24. The number of amides is 2. The van der Waals surface area contributed by atoms with Crippen LogP contribution in [0, 0.1) is 30.6 Å². The van der Waals surface area contributed by atoms with E-state index in [4.69, 9.17) is 18.9 Å². The fraction of sp³-hybridized carbons (Fsp3) is 0.413. The Morgan fingerprint density at radius 3 is 2.31 bits per heavy atom. The monoisotopic (exact) mass is 855 g/mol. The lowest BCUT2D eigenvalue weighted by Gasteiger charge is -2.38. The number of hydrogen-bond donors (Lipinski definition) is 6. The predicted octanol–water partition coefficient (Wildman–Crippen LogP) is 5.74. The third-order valence-electron chi connectivity index (χ3n) is 12.2. The number of anilines is 1. The molecule has 5 bridgehead atoms. The van der Waals surface area contributed by atoms with E-state index >= 15 is 0 Å². The molecule has 16 heteroatoms. The Labute approximate surface area is 358 Å². The number of phenols is 3. The number of esters is 1. The molecule has 3 aromatic rings. The Bertz CT molecular complexity index is 2440. The topological polar surface area (TPSA) is 234 Å². The van der Waals surface area contributed by atoms with Gasteiger partial charge in [0.1, 0.15) is 23.4 Å². The largest absolute Gasteiger partial charge is 0.507 e. The molecule has 0 radical (unpaired) electrons. The zero-order valence-corrected chi connectivity index (χ0v) is 36.0. The Morgan fingerprint density at radius 1 is 0.952 bits per heavy atom. The van der Waals surface area contributed by atoms with Gasteiger partial charge in [0, 0.05) is 66.7 Å². The molecular formula is C46H53N3O13. The standard InChI is InChI=1S/C46H53N3O13/c1-21-13-12-14-22(2)44(57)48-35-30(19-47-49-20-28-15-10-11-16-29(28)45(49)58)39(54)32-33(40(35)55)38(53)26(6)42-34(32)43(56)46(8,62-42)60-18-17-31(59-9)23(3)41(61-27(7)50)25(5)37(52)24(4)36(21)51/h10-19,21,23-25,31,36-37,41,51-55H,20H2,1-9H3,(H,48,57)/b13-12+,18-17+,22-14+,47-19-. The van der Waals surface area contributed by atoms with E-state index in [1.54, 1.807) is 64.1 Å². The minimum Gasteiger partial charge on any atom is -0.507 e. The second-order valence-electron chi connectivity index (χ2n) is 16.4. The Balaban J connectivity index is 1.53. The number of ether oxygens (including phenoxy) is 4. The second kappa shape index (κ2) is 17.6. The molecule has 0 saturated heterocycles. The molecule has 9 atom stereocenters. The van der Waals surface area contributed by atoms with Gasteiger partial charge in [0.25, 0.3) is 17.6 Å². The number of aromatic hydroxyl groups is 3. The summed E-state index contributed by atoms with van der Waals surface area (Å²) in [5, 5.41) is 65.9. The van der Waals surface area contributed by atoms with Crippen LogP contribution in [0.5, 0.6) is 23.0 Å². The lowest BCUT2D eigenvalue weighted by atomic mass is 9.78. The molecule has 2 amide bonds. The van der Waals surface area contributed by atoms with Crippen LogP contribution in [0.1, 0.15) is 85.9 Å². The maximum absolute atomic E-state index is 14.5. The van der Waals surface area contributed by atoms with E-state index in [9.17, 15) is 44.7 Å². The van der Waals surface area contributed by atoms with Crippen LogP contribution in [0.25, 0.3) is 10.8 Å². The summed E-state index contributed by atoms with van der Waals surface area (Å²) in [5.41, 5.74) is 0.268. The first-order valence-corrected chi connectivity index (χ1v) is 20.3. The molecule has 0 aliphatic carbocycles. The maximum atomic E-state index is 14.5. The lowest BCUT2D eigenvalue weighted by Crippen LogP contribution is -2.46. The van der Waals surface area contributed by atoms with E-state index in [0.29, 0.717) is 11.1 Å². The normalized spacial score (nSPS) is 30.1. The maximum Gasteiger partial charge on any atom is 0.312 e. The Kier molecular flexibility index (Phi) is 12.9. The van der Waals surface area contributed by atoms with Crippen LogP contribution in [-0.2, 0) is 30.3 Å². The summed E-state index contributed by atoms with van der Waals surface area (Å²) < 4.78 is 23.6. The molecule has 16 nitrogen and oxygen atoms in total. The number of ketones is 1. The molecule has 6 N–H and O–H groups in total. The number of allylic oxidation sites excluding steroid dienone is 2. The van der Waals surface area contributed by atoms with E-state index in [1.165, 1.54) is 53.2 Å². The van der Waals surface area contributed by atoms with Gasteiger partial charge in [-0.15, -0.1) is 0 Å². The fourth-order valence-corrected chi connectivity index (χ4v) is 8.33. The number of benzene rings is 3. The number of aliphatic hydroxyl groups excluding tert-OH is 2. The van der Waals surface area contributed by atoms with E-state index in [0.717, 1.165) is 11.2 Å². The lowest BCUT2D eigenvalue weighted by molar-refractivity contribution is -0.160. The van der Waals surface area contributed by atoms with E-state index in [-0.39, 0.29) is 45.3 Å². The highest BCUT2D eigenvalue weighted by Crippen LogP contribution is 2.55. The van der Waals surface area contributed by atoms with Crippen LogP contribution in [0.2, 0.25) is 0 Å². The number of rotatable bonds is 4. The van der Waals surface area contributed by atoms with Crippen LogP contribution in [0.3, 0.4) is 0 Å². The summed E-state index contributed by atoms with van der Waals surface area (Å²) >= 11 is 0. The number of hydrogen-bond acceptors (Lipinski definition) is 14. The molecule has 0 fully saturated rings. The van der Waals surface area contributed by atoms with Crippen molar-refractivity contribution in [1.82, 2.24) is 5.01 Å². The number of carbonyl (C=O) groups excluding carboxylic acids is 4. The first-order valence-electron chi connectivity index (χ1n) is 20.3. The van der Waals surface area contributed by atoms with Crippen molar-refractivity contribution in [3.8, 4) is 23.0 Å². The summed E-state index contributed by atoms with van der Waals surface area (Å²) in [6.45, 7) is 12.4. The van der Waals surface area contributed by atoms with Gasteiger partial charge in [-0.2, -0.15) is 5.10 Å². The van der Waals surface area contributed by atoms with Crippen molar-refractivity contribution in [2.45, 2.75) is 92.1 Å². The SMILES string of the molecule is COC1/C=C/OC2(C)Oc3c(C)c(O)c4c(O)c(c(/C=N\N5Cc6ccccc6C5=O)c(O)c4c3C2=O)NC(=O)/C(C)=C/C=C/C(C)C(O)C(C)C(O)C(C)C(OC(C)=O)C1C. The average molecular weight is 856 g/mol. The van der Waals surface area contributed by atoms with Gasteiger partial charge in [-0.1, -0.05) is 64.1 Å². The highest BCUT2D eigenvalue weighted by atomic mass is 16.7. The molecule has 4 aliphatic rings. The molecule has 3 aromatic carbocycles. The quantitative estimate of drug-likeness (QED) is 0.0796. The second-order valence-corrected chi connectivity index (χ2v) is 16.4. The van der Waals surface area contributed by atoms with Crippen molar-refractivity contribution in [2.75, 3.05) is 12.4 Å². The van der Waals surface area contributed by atoms with Crippen LogP contribution in [0.15, 0.2) is 65.5 Å². The van der Waals surface area contributed by atoms with Gasteiger partial charge in [-0.25, -0.2) is 5.01 Å². The molecule has 4 aliphatic heterocycles. The van der Waals surface area contributed by atoms with E-state index in [1.807, 2.05) is 0 Å². The number of nitrogens with one attached hydrogen (secondary N) is 1. The minimum atomic E-state index is -2.10. The number of Topliss-reactive ketones (excluding diaryl/α,β-unsaturated/α-hetero) is 1. The molecule has 62 heavy (non-hydrogen) atoms. The number of methoxy groups -OCH3 is 1. The van der Waals surface area contributed by atoms with Crippen molar-refractivity contribution < 1.29 is 63.7 Å². The summed E-state index contributed by atoms with van der Waals surface area (Å²) in [5.74, 6) is -9.48. The van der Waals surface area contributed by atoms with Gasteiger partial charge >= 0.3 is 11.8 Å². The fourth-order valence-electron chi connectivity index (χ4n) is 8.33. The van der Waals surface area contributed by atoms with Crippen molar-refractivity contribution in [1.29, 1.82) is 0 Å². The van der Waals surface area contributed by atoms with E-state index in [2.05, 4.69) is 10.4 Å². The zero-order chi connectivity index (χ0) is 45.5. The number of phenolic OH excluding ortho intramolecular Hbond substituents is 3. The molecule has 0 saturated carbocycles. The van der Waals surface area contributed by atoms with Gasteiger partial charge < -0.3 is 49.8 Å². The van der Waals surface area contributed by atoms with Crippen LogP contribution >= 0.6 is 0 Å². The van der Waals surface area contributed by atoms with Gasteiger partial charge in [0.15, 0.2) is 5.75 Å². The van der Waals surface area contributed by atoms with Gasteiger partial charge in [0.2, 0.25) is 0 Å². The molecule has 7 rings (SSSR count). The number of carbonyl (C=O) groups is 4. The highest BCUT2D eigenvalue weighted by Gasteiger charge is 2.50. The summed E-state index contributed by atoms with van der Waals surface area (Å²) in [6, 6.07) is 6.89. The van der Waals surface area contributed by atoms with Crippen LogP contribution in [0.4, 0.5) is 5.69 Å². The van der Waals surface area contributed by atoms with Crippen molar-refractivity contribution in [3.63, 3.8) is 0 Å². The first-order chi connectivity index (χ1) is 29.2. The molecule has 0 spiro atoms. The molecule has 330 valence electrons. The summed E-state index contributed by atoms with van der Waals surface area (Å²) in [7, 11) is 1.42. The smallest absolute Gasteiger partial charge is 0.312 e. The molecule has 9 unspecified atom stereocenters. The average Bonchev–Trinajstić information content (AvgIpc) is 3.70. The zero-order valence-electron chi connectivity index (χ0n) is 36.0. The predicted molar refractivity (Wildman–Crippen MR) is 228 cm³/mol. The third-order valence-corrected chi connectivity index (χ3v) is 12.2. The summed E-state index contributed by atoms with van der Waals surface area (Å²) in [6.07, 6.45) is 4.34. The number of hydrazone groups is 1. The third kappa shape index (κ3) is 8.12. The molecule has 0 aromatic heterocycles. The molecule has 4 heterocycles. The van der Waals surface area contributed by atoms with Gasteiger partial charge in [-0.3, -0.25) is 19.2 Å². The number of aliphatic hydroxyl groups is 2. The first kappa shape index (κ1) is 45.3. The van der Waals surface area contributed by atoms with E-state index < -0.39 is 100 Å². The number of fused-ring (bicyclic) bond motifs is 15. The molecular weight excluding hydrogens is 803 g/mol. The summed E-state index contributed by atoms with van der Waals surface area (Å²) in [4.78, 5) is 53.9. The van der Waals surface area contributed by atoms with Crippen LogP contribution < -0.4 is 10.1 Å². The van der Waals surface area contributed by atoms with Crippen molar-refractivity contribution in [3.05, 3.63) is 88.2 Å². The van der Waals surface area contributed by atoms with Gasteiger partial charge in [-0.05, 0) is 31.6 Å².